The molecule has 0 spiro atoms. The number of hydrogen-bond donors (Lipinski definition) is 0. The minimum absolute atomic E-state index is 0.408. The van der Waals surface area contributed by atoms with Crippen LogP contribution in [0, 0.1) is 5.92 Å². The molecule has 0 bridgehead atoms. The molecule has 0 aliphatic heterocycles. The summed E-state index contributed by atoms with van der Waals surface area (Å²) in [6.07, 6.45) is 4.88. The first-order valence-corrected chi connectivity index (χ1v) is 7.02. The van der Waals surface area contributed by atoms with Crippen LogP contribution in [0.1, 0.15) is 30.7 Å². The van der Waals surface area contributed by atoms with E-state index in [1.165, 1.54) is 4.70 Å². The van der Waals surface area contributed by atoms with Crippen molar-refractivity contribution >= 4 is 27.3 Å². The van der Waals surface area contributed by atoms with E-state index in [4.69, 9.17) is 0 Å². The van der Waals surface area contributed by atoms with E-state index in [1.807, 2.05) is 18.2 Å². The van der Waals surface area contributed by atoms with Crippen LogP contribution in [0.25, 0.3) is 10.2 Å². The third-order valence-corrected chi connectivity index (χ3v) is 4.28. The van der Waals surface area contributed by atoms with E-state index >= 15 is 0 Å². The van der Waals surface area contributed by atoms with Gasteiger partial charge in [-0.15, -0.1) is 11.3 Å². The predicted octanol–water partition coefficient (Wildman–Crippen LogP) is 3.60. The Hall–Kier alpha value is -1.22. The van der Waals surface area contributed by atoms with Gasteiger partial charge >= 0.3 is 0 Å². The highest BCUT2D eigenvalue weighted by molar-refractivity contribution is 7.18. The van der Waals surface area contributed by atoms with Crippen molar-refractivity contribution in [3.05, 3.63) is 29.3 Å². The number of para-hydroxylation sites is 1. The molecule has 2 nitrogen and oxygen atoms in total. The van der Waals surface area contributed by atoms with E-state index in [1.54, 1.807) is 11.3 Å². The number of ketones is 1. The summed E-state index contributed by atoms with van der Waals surface area (Å²) in [5, 5.41) is 1.16. The Labute approximate surface area is 105 Å². The predicted molar refractivity (Wildman–Crippen MR) is 70.3 cm³/mol. The number of aryl methyl sites for hydroxylation is 1. The molecule has 0 amide bonds. The number of thiazole rings is 1. The van der Waals surface area contributed by atoms with Crippen molar-refractivity contribution in [3.8, 4) is 0 Å². The zero-order valence-electron chi connectivity index (χ0n) is 9.69. The Morgan fingerprint density at radius 3 is 2.94 bits per heavy atom. The van der Waals surface area contributed by atoms with Crippen LogP contribution in [0.3, 0.4) is 0 Å². The fraction of sp³-hybridized carbons (Fsp3) is 0.429. The second-order valence-corrected chi connectivity index (χ2v) is 5.78. The summed E-state index contributed by atoms with van der Waals surface area (Å²) in [5.41, 5.74) is 1.08. The first-order valence-electron chi connectivity index (χ1n) is 6.20. The first kappa shape index (κ1) is 10.9. The average Bonchev–Trinajstić information content (AvgIpc) is 3.09. The number of rotatable bonds is 5. The maximum Gasteiger partial charge on any atom is 0.135 e. The molecule has 3 heteroatoms. The molecule has 88 valence electrons. The molecule has 3 rings (SSSR count). The van der Waals surface area contributed by atoms with Crippen molar-refractivity contribution in [2.24, 2.45) is 5.92 Å². The normalized spacial score (nSPS) is 15.3. The van der Waals surface area contributed by atoms with Crippen molar-refractivity contribution in [1.82, 2.24) is 4.98 Å². The summed E-state index contributed by atoms with van der Waals surface area (Å²) in [5.74, 6) is 0.872. The lowest BCUT2D eigenvalue weighted by atomic mass is 10.1. The van der Waals surface area contributed by atoms with Crippen molar-refractivity contribution in [1.29, 1.82) is 0 Å². The molecule has 1 aromatic heterocycles. The maximum atomic E-state index is 11.6. The van der Waals surface area contributed by atoms with Crippen LogP contribution in [0.15, 0.2) is 24.3 Å². The van der Waals surface area contributed by atoms with Crippen molar-refractivity contribution in [3.63, 3.8) is 0 Å². The van der Waals surface area contributed by atoms with Crippen LogP contribution in [-0.4, -0.2) is 10.8 Å². The largest absolute Gasteiger partial charge is 0.299 e. The number of benzene rings is 1. The summed E-state index contributed by atoms with van der Waals surface area (Å²) < 4.78 is 1.25. The summed E-state index contributed by atoms with van der Waals surface area (Å²) in [6, 6.07) is 8.21. The molecule has 2 aromatic rings. The molecule has 1 aromatic carbocycles. The van der Waals surface area contributed by atoms with Gasteiger partial charge in [0.15, 0.2) is 0 Å². The summed E-state index contributed by atoms with van der Waals surface area (Å²) >= 11 is 1.75. The zero-order valence-corrected chi connectivity index (χ0v) is 10.5. The van der Waals surface area contributed by atoms with Gasteiger partial charge in [-0.2, -0.15) is 0 Å². The first-order chi connectivity index (χ1) is 8.33. The number of hydrogen-bond acceptors (Lipinski definition) is 3. The van der Waals surface area contributed by atoms with Crippen molar-refractivity contribution < 1.29 is 4.79 Å². The van der Waals surface area contributed by atoms with Crippen LogP contribution in [0.5, 0.6) is 0 Å². The SMILES string of the molecule is O=C(CCCc1nc2ccccc2s1)C1CC1. The third kappa shape index (κ3) is 2.55. The quantitative estimate of drug-likeness (QED) is 0.805. The van der Waals surface area contributed by atoms with Gasteiger partial charge in [-0.25, -0.2) is 4.98 Å². The van der Waals surface area contributed by atoms with E-state index in [-0.39, 0.29) is 0 Å². The summed E-state index contributed by atoms with van der Waals surface area (Å²) in [4.78, 5) is 16.1. The third-order valence-electron chi connectivity index (χ3n) is 3.18. The molecule has 1 aliphatic carbocycles. The van der Waals surface area contributed by atoms with Crippen LogP contribution in [0.2, 0.25) is 0 Å². The number of Topliss-reactive ketones (excluding diaryl/α,β-unsaturated/α-hetero) is 1. The molecule has 1 heterocycles. The molecule has 17 heavy (non-hydrogen) atoms. The molecule has 1 fully saturated rings. The van der Waals surface area contributed by atoms with Crippen LogP contribution in [0.4, 0.5) is 0 Å². The molecule has 0 unspecified atom stereocenters. The molecule has 0 atom stereocenters. The number of carbonyl (C=O) groups excluding carboxylic acids is 1. The van der Waals surface area contributed by atoms with Gasteiger partial charge in [0.25, 0.3) is 0 Å². The van der Waals surface area contributed by atoms with E-state index in [0.29, 0.717) is 11.7 Å². The van der Waals surface area contributed by atoms with Gasteiger partial charge in [0.05, 0.1) is 15.2 Å². The van der Waals surface area contributed by atoms with Gasteiger partial charge in [0, 0.05) is 12.3 Å². The molecule has 0 radical (unpaired) electrons. The standard InChI is InChI=1S/C14H15NOS/c16-12(10-8-9-10)5-3-7-14-15-11-4-1-2-6-13(11)17-14/h1-2,4,6,10H,3,5,7-9H2. The van der Waals surface area contributed by atoms with Crippen molar-refractivity contribution in [2.75, 3.05) is 0 Å². The smallest absolute Gasteiger partial charge is 0.135 e. The van der Waals surface area contributed by atoms with Gasteiger partial charge in [-0.05, 0) is 37.8 Å². The highest BCUT2D eigenvalue weighted by Crippen LogP contribution is 2.31. The Morgan fingerprint density at radius 1 is 1.35 bits per heavy atom. The lowest BCUT2D eigenvalue weighted by Gasteiger charge is -1.96. The molecule has 1 saturated carbocycles. The van der Waals surface area contributed by atoms with Gasteiger partial charge in [-0.3, -0.25) is 4.79 Å². The number of aromatic nitrogens is 1. The number of nitrogens with zero attached hydrogens (tertiary/aromatic N) is 1. The number of carbonyl (C=O) groups is 1. The Kier molecular flexibility index (Phi) is 2.93. The lowest BCUT2D eigenvalue weighted by Crippen LogP contribution is -2.00. The molecular weight excluding hydrogens is 230 g/mol. The molecule has 1 aliphatic rings. The Bertz CT molecular complexity index is 509. The molecular formula is C14H15NOS. The van der Waals surface area contributed by atoms with Crippen LogP contribution < -0.4 is 0 Å². The highest BCUT2D eigenvalue weighted by atomic mass is 32.1. The maximum absolute atomic E-state index is 11.6. The summed E-state index contributed by atoms with van der Waals surface area (Å²) in [7, 11) is 0. The van der Waals surface area contributed by atoms with E-state index in [9.17, 15) is 4.79 Å². The second-order valence-electron chi connectivity index (χ2n) is 4.67. The van der Waals surface area contributed by atoms with E-state index < -0.39 is 0 Å². The fourth-order valence-corrected chi connectivity index (χ4v) is 3.06. The minimum atomic E-state index is 0.408. The Morgan fingerprint density at radius 2 is 2.18 bits per heavy atom. The fourth-order valence-electron chi connectivity index (χ4n) is 2.05. The molecule has 0 saturated heterocycles. The highest BCUT2D eigenvalue weighted by Gasteiger charge is 2.28. The number of fused-ring (bicyclic) bond motifs is 1. The van der Waals surface area contributed by atoms with Gasteiger partial charge in [0.2, 0.25) is 0 Å². The van der Waals surface area contributed by atoms with Crippen LogP contribution >= 0.6 is 11.3 Å². The monoisotopic (exact) mass is 245 g/mol. The van der Waals surface area contributed by atoms with E-state index in [2.05, 4.69) is 11.1 Å². The van der Waals surface area contributed by atoms with Gasteiger partial charge in [-0.1, -0.05) is 12.1 Å². The zero-order chi connectivity index (χ0) is 11.7. The Balaban J connectivity index is 1.58. The summed E-state index contributed by atoms with van der Waals surface area (Å²) in [6.45, 7) is 0. The average molecular weight is 245 g/mol. The van der Waals surface area contributed by atoms with Crippen LogP contribution in [-0.2, 0) is 11.2 Å². The van der Waals surface area contributed by atoms with E-state index in [0.717, 1.165) is 42.6 Å². The van der Waals surface area contributed by atoms with Gasteiger partial charge in [0.1, 0.15) is 5.78 Å². The van der Waals surface area contributed by atoms with Gasteiger partial charge < -0.3 is 0 Å². The minimum Gasteiger partial charge on any atom is -0.299 e. The topological polar surface area (TPSA) is 30.0 Å². The second kappa shape index (κ2) is 4.57. The lowest BCUT2D eigenvalue weighted by molar-refractivity contribution is -0.120. The molecule has 0 N–H and O–H groups in total. The van der Waals surface area contributed by atoms with Crippen molar-refractivity contribution in [2.45, 2.75) is 32.1 Å².